The van der Waals surface area contributed by atoms with E-state index >= 15 is 0 Å². The lowest BCUT2D eigenvalue weighted by molar-refractivity contribution is 0.673. The average molecular weight is 403 g/mol. The van der Waals surface area contributed by atoms with Gasteiger partial charge in [-0.25, -0.2) is 0 Å². The number of allylic oxidation sites excluding steroid dienone is 2. The Morgan fingerprint density at radius 3 is 2.59 bits per heavy atom. The molecule has 1 aliphatic rings. The zero-order valence-corrected chi connectivity index (χ0v) is 17.3. The number of aliphatic imine (C=N–C) groups is 1. The van der Waals surface area contributed by atoms with Gasteiger partial charge in [0.25, 0.3) is 5.56 Å². The van der Waals surface area contributed by atoms with Crippen LogP contribution in [0.5, 0.6) is 0 Å². The summed E-state index contributed by atoms with van der Waals surface area (Å²) in [4.78, 5) is 17.2. The van der Waals surface area contributed by atoms with Crippen LogP contribution < -0.4 is 5.56 Å². The van der Waals surface area contributed by atoms with Crippen molar-refractivity contribution in [2.24, 2.45) is 4.99 Å². The van der Waals surface area contributed by atoms with Crippen molar-refractivity contribution >= 4 is 28.9 Å². The average Bonchev–Trinajstić information content (AvgIpc) is 2.60. The second-order valence-electron chi connectivity index (χ2n) is 7.13. The molecule has 3 nitrogen and oxygen atoms in total. The fraction of sp³-hybridized carbons (Fsp3) is 0.364. The first-order chi connectivity index (χ1) is 12.9. The molecule has 1 aromatic heterocycles. The van der Waals surface area contributed by atoms with Gasteiger partial charge in [-0.05, 0) is 69.4 Å². The maximum atomic E-state index is 12.3. The predicted molar refractivity (Wildman–Crippen MR) is 115 cm³/mol. The maximum Gasteiger partial charge on any atom is 0.251 e. The van der Waals surface area contributed by atoms with Crippen LogP contribution in [-0.2, 0) is 19.4 Å². The van der Waals surface area contributed by atoms with Crippen LogP contribution in [0.25, 0.3) is 0 Å². The SMILES string of the molecule is CC(C)=CCn1c2c(ccc1=O)C(=NCCc1cc(Cl)cc(Cl)c1)CCC2. The van der Waals surface area contributed by atoms with Crippen molar-refractivity contribution in [2.75, 3.05) is 6.54 Å². The van der Waals surface area contributed by atoms with Crippen molar-refractivity contribution in [2.45, 2.75) is 46.1 Å². The van der Waals surface area contributed by atoms with Gasteiger partial charge in [-0.3, -0.25) is 9.79 Å². The topological polar surface area (TPSA) is 34.4 Å². The van der Waals surface area contributed by atoms with Crippen LogP contribution in [0.1, 0.15) is 43.5 Å². The third-order valence-electron chi connectivity index (χ3n) is 4.74. The summed E-state index contributed by atoms with van der Waals surface area (Å²) in [7, 11) is 0. The van der Waals surface area contributed by atoms with Crippen molar-refractivity contribution in [3.05, 3.63) is 79.2 Å². The van der Waals surface area contributed by atoms with E-state index in [0.717, 1.165) is 48.2 Å². The first-order valence-electron chi connectivity index (χ1n) is 9.29. The van der Waals surface area contributed by atoms with E-state index in [1.54, 1.807) is 12.1 Å². The number of nitrogens with zero attached hydrogens (tertiary/aromatic N) is 2. The van der Waals surface area contributed by atoms with Crippen LogP contribution in [0.3, 0.4) is 0 Å². The Bertz CT molecular complexity index is 933. The zero-order valence-electron chi connectivity index (χ0n) is 15.8. The molecule has 3 rings (SSSR count). The van der Waals surface area contributed by atoms with E-state index in [-0.39, 0.29) is 5.56 Å². The minimum Gasteiger partial charge on any atom is -0.308 e. The lowest BCUT2D eigenvalue weighted by atomic mass is 9.93. The Morgan fingerprint density at radius 1 is 1.15 bits per heavy atom. The van der Waals surface area contributed by atoms with E-state index in [0.29, 0.717) is 23.1 Å². The van der Waals surface area contributed by atoms with Gasteiger partial charge >= 0.3 is 0 Å². The number of hydrogen-bond donors (Lipinski definition) is 0. The van der Waals surface area contributed by atoms with Crippen LogP contribution in [-0.4, -0.2) is 16.8 Å². The Morgan fingerprint density at radius 2 is 1.89 bits per heavy atom. The van der Waals surface area contributed by atoms with Gasteiger partial charge in [-0.15, -0.1) is 0 Å². The molecule has 1 aromatic carbocycles. The molecule has 1 heterocycles. The van der Waals surface area contributed by atoms with Gasteiger partial charge < -0.3 is 4.57 Å². The largest absolute Gasteiger partial charge is 0.308 e. The van der Waals surface area contributed by atoms with E-state index in [1.165, 1.54) is 5.57 Å². The van der Waals surface area contributed by atoms with Crippen molar-refractivity contribution in [1.29, 1.82) is 0 Å². The monoisotopic (exact) mass is 402 g/mol. The molecule has 0 saturated heterocycles. The third-order valence-corrected chi connectivity index (χ3v) is 5.18. The molecular formula is C22H24Cl2N2O. The summed E-state index contributed by atoms with van der Waals surface area (Å²) in [5.74, 6) is 0. The van der Waals surface area contributed by atoms with E-state index in [4.69, 9.17) is 28.2 Å². The van der Waals surface area contributed by atoms with Crippen LogP contribution in [0.4, 0.5) is 0 Å². The number of benzene rings is 1. The lowest BCUT2D eigenvalue weighted by Crippen LogP contribution is -2.28. The maximum absolute atomic E-state index is 12.3. The Balaban J connectivity index is 1.83. The second-order valence-corrected chi connectivity index (χ2v) is 8.01. The summed E-state index contributed by atoms with van der Waals surface area (Å²) in [5, 5.41) is 1.30. The number of fused-ring (bicyclic) bond motifs is 1. The number of halogens is 2. The minimum atomic E-state index is 0.0565. The van der Waals surface area contributed by atoms with E-state index in [1.807, 2.05) is 22.8 Å². The molecule has 0 unspecified atom stereocenters. The van der Waals surface area contributed by atoms with E-state index < -0.39 is 0 Å². The highest BCUT2D eigenvalue weighted by molar-refractivity contribution is 6.34. The highest BCUT2D eigenvalue weighted by Crippen LogP contribution is 2.22. The fourth-order valence-electron chi connectivity index (χ4n) is 3.42. The fourth-order valence-corrected chi connectivity index (χ4v) is 3.99. The number of hydrogen-bond acceptors (Lipinski definition) is 2. The normalized spacial score (nSPS) is 14.9. The molecule has 0 amide bonds. The van der Waals surface area contributed by atoms with Gasteiger partial charge in [0.2, 0.25) is 0 Å². The predicted octanol–water partition coefficient (Wildman–Crippen LogP) is 5.49. The highest BCUT2D eigenvalue weighted by atomic mass is 35.5. The summed E-state index contributed by atoms with van der Waals surface area (Å²) in [5.41, 5.74) is 5.67. The summed E-state index contributed by atoms with van der Waals surface area (Å²) in [6.45, 7) is 5.40. The Kier molecular flexibility index (Phi) is 6.56. The summed E-state index contributed by atoms with van der Waals surface area (Å²) in [6.07, 6.45) is 5.77. The Labute approximate surface area is 170 Å². The molecular weight excluding hydrogens is 379 g/mol. The van der Waals surface area contributed by atoms with Crippen LogP contribution in [0.2, 0.25) is 10.0 Å². The first-order valence-corrected chi connectivity index (χ1v) is 10.0. The molecule has 27 heavy (non-hydrogen) atoms. The van der Waals surface area contributed by atoms with E-state index in [9.17, 15) is 4.79 Å². The number of aromatic nitrogens is 1. The van der Waals surface area contributed by atoms with Crippen molar-refractivity contribution < 1.29 is 0 Å². The third kappa shape index (κ3) is 5.12. The van der Waals surface area contributed by atoms with Crippen molar-refractivity contribution in [3.63, 3.8) is 0 Å². The van der Waals surface area contributed by atoms with Crippen molar-refractivity contribution in [3.8, 4) is 0 Å². The molecule has 5 heteroatoms. The van der Waals surface area contributed by atoms with Gasteiger partial charge in [-0.2, -0.15) is 0 Å². The molecule has 0 atom stereocenters. The standard InChI is InChI=1S/C22H24Cl2N2O/c1-15(2)9-11-26-21-5-3-4-20(19(21)6-7-22(26)27)25-10-8-16-12-17(23)14-18(24)13-16/h6-7,9,12-14H,3-5,8,10-11H2,1-2H3. The van der Waals surface area contributed by atoms with Gasteiger partial charge in [-0.1, -0.05) is 34.9 Å². The molecule has 0 N–H and O–H groups in total. The molecule has 142 valence electrons. The molecule has 0 saturated carbocycles. The number of rotatable bonds is 5. The smallest absolute Gasteiger partial charge is 0.251 e. The van der Waals surface area contributed by atoms with Crippen LogP contribution in [0.15, 0.2) is 51.8 Å². The molecule has 0 aliphatic heterocycles. The summed E-state index contributed by atoms with van der Waals surface area (Å²) < 4.78 is 1.88. The highest BCUT2D eigenvalue weighted by Gasteiger charge is 2.18. The zero-order chi connectivity index (χ0) is 19.4. The molecule has 0 radical (unpaired) electrons. The first kappa shape index (κ1) is 19.9. The molecule has 0 fully saturated rings. The summed E-state index contributed by atoms with van der Waals surface area (Å²) in [6, 6.07) is 9.20. The quantitative estimate of drug-likeness (QED) is 0.608. The Hall–Kier alpha value is -1.84. The minimum absolute atomic E-state index is 0.0565. The van der Waals surface area contributed by atoms with Gasteiger partial charge in [0.15, 0.2) is 0 Å². The van der Waals surface area contributed by atoms with E-state index in [2.05, 4.69) is 19.9 Å². The van der Waals surface area contributed by atoms with Gasteiger partial charge in [0, 0.05) is 46.2 Å². The van der Waals surface area contributed by atoms with Gasteiger partial charge in [0.1, 0.15) is 0 Å². The molecule has 1 aliphatic carbocycles. The molecule has 2 aromatic rings. The van der Waals surface area contributed by atoms with Crippen LogP contribution >= 0.6 is 23.2 Å². The molecule has 0 spiro atoms. The number of pyridine rings is 1. The van der Waals surface area contributed by atoms with Gasteiger partial charge in [0.05, 0.1) is 0 Å². The van der Waals surface area contributed by atoms with Crippen LogP contribution in [0, 0.1) is 0 Å². The van der Waals surface area contributed by atoms with Crippen molar-refractivity contribution in [1.82, 2.24) is 4.57 Å². The molecule has 0 bridgehead atoms. The second kappa shape index (κ2) is 8.90. The summed E-state index contributed by atoms with van der Waals surface area (Å²) >= 11 is 12.1. The lowest BCUT2D eigenvalue weighted by Gasteiger charge is -2.22.